The summed E-state index contributed by atoms with van der Waals surface area (Å²) in [5, 5.41) is 11.3. The number of carbonyl (C=O) groups is 1. The van der Waals surface area contributed by atoms with Gasteiger partial charge in [0.15, 0.2) is 0 Å². The van der Waals surface area contributed by atoms with E-state index in [1.807, 2.05) is 0 Å². The smallest absolute Gasteiger partial charge is 0.417 e. The van der Waals surface area contributed by atoms with Crippen LogP contribution in [-0.4, -0.2) is 19.1 Å². The summed E-state index contributed by atoms with van der Waals surface area (Å²) >= 11 is 0. The molecule has 7 heteroatoms. The van der Waals surface area contributed by atoms with E-state index < -0.39 is 23.3 Å². The van der Waals surface area contributed by atoms with Crippen molar-refractivity contribution >= 4 is 11.7 Å². The van der Waals surface area contributed by atoms with Crippen molar-refractivity contribution in [3.05, 3.63) is 41.5 Å². The molecule has 0 aliphatic heterocycles. The Labute approximate surface area is 119 Å². The van der Waals surface area contributed by atoms with Crippen molar-refractivity contribution in [1.29, 1.82) is 5.26 Å². The topological polar surface area (TPSA) is 62.1 Å². The van der Waals surface area contributed by atoms with Crippen LogP contribution in [0.4, 0.5) is 18.9 Å². The Bertz CT molecular complexity index is 589. The quantitative estimate of drug-likeness (QED) is 0.670. The van der Waals surface area contributed by atoms with E-state index in [0.29, 0.717) is 0 Å². The molecule has 1 rings (SSSR count). The van der Waals surface area contributed by atoms with Crippen molar-refractivity contribution in [2.45, 2.75) is 13.1 Å². The Hall–Kier alpha value is -2.49. The summed E-state index contributed by atoms with van der Waals surface area (Å²) in [6.45, 7) is 5.25. The average molecular weight is 298 g/mol. The van der Waals surface area contributed by atoms with Crippen molar-refractivity contribution in [3.8, 4) is 6.07 Å². The zero-order chi connectivity index (χ0) is 16.0. The molecule has 0 amide bonds. The molecule has 1 N–H and O–H groups in total. The molecule has 0 radical (unpaired) electrons. The maximum atomic E-state index is 12.8. The second kappa shape index (κ2) is 6.79. The molecule has 112 valence electrons. The molecule has 0 aliphatic rings. The van der Waals surface area contributed by atoms with Gasteiger partial charge in [-0.05, 0) is 25.1 Å². The highest BCUT2D eigenvalue weighted by molar-refractivity contribution is 5.88. The Morgan fingerprint density at radius 1 is 1.48 bits per heavy atom. The van der Waals surface area contributed by atoms with Gasteiger partial charge in [0.2, 0.25) is 0 Å². The number of nitriles is 1. The first kappa shape index (κ1) is 16.6. The van der Waals surface area contributed by atoms with Crippen LogP contribution in [0.15, 0.2) is 30.4 Å². The monoisotopic (exact) mass is 298 g/mol. The largest absolute Gasteiger partial charge is 0.463 e. The number of nitrogens with one attached hydrogen (secondary N) is 1. The summed E-state index contributed by atoms with van der Waals surface area (Å²) in [4.78, 5) is 11.3. The molecule has 0 saturated carbocycles. The Morgan fingerprint density at radius 2 is 2.14 bits per heavy atom. The van der Waals surface area contributed by atoms with Crippen LogP contribution in [-0.2, 0) is 15.7 Å². The van der Waals surface area contributed by atoms with Crippen molar-refractivity contribution in [2.24, 2.45) is 0 Å². The van der Waals surface area contributed by atoms with Gasteiger partial charge in [-0.15, -0.1) is 0 Å². The second-order valence-corrected chi connectivity index (χ2v) is 4.05. The van der Waals surface area contributed by atoms with Crippen LogP contribution < -0.4 is 5.32 Å². The van der Waals surface area contributed by atoms with Gasteiger partial charge in [-0.25, -0.2) is 4.79 Å². The number of benzene rings is 1. The lowest BCUT2D eigenvalue weighted by molar-refractivity contribution is -0.139. The molecule has 4 nitrogen and oxygen atoms in total. The molecule has 0 unspecified atom stereocenters. The van der Waals surface area contributed by atoms with E-state index in [-0.39, 0.29) is 24.4 Å². The summed E-state index contributed by atoms with van der Waals surface area (Å²) in [6.07, 6.45) is -4.62. The van der Waals surface area contributed by atoms with Gasteiger partial charge in [0, 0.05) is 17.8 Å². The fourth-order valence-electron chi connectivity index (χ4n) is 1.50. The number of hydrogen-bond donors (Lipinski definition) is 1. The standard InChI is InChI=1S/C14H13F3N2O2/c1-3-21-13(20)9(2)8-19-11-5-4-10(7-18)12(6-11)14(15,16)17/h4-6,19H,2-3,8H2,1H3. The van der Waals surface area contributed by atoms with Crippen LogP contribution in [0.1, 0.15) is 18.1 Å². The summed E-state index contributed by atoms with van der Waals surface area (Å²) in [6, 6.07) is 4.70. The minimum atomic E-state index is -4.62. The van der Waals surface area contributed by atoms with Crippen LogP contribution in [0, 0.1) is 11.3 Å². The predicted octanol–water partition coefficient (Wildman–Crippen LogP) is 3.11. The number of rotatable bonds is 5. The maximum Gasteiger partial charge on any atom is 0.417 e. The van der Waals surface area contributed by atoms with Gasteiger partial charge in [-0.1, -0.05) is 6.58 Å². The van der Waals surface area contributed by atoms with Gasteiger partial charge in [0.05, 0.1) is 23.8 Å². The molecule has 0 aliphatic carbocycles. The van der Waals surface area contributed by atoms with Crippen LogP contribution in [0.25, 0.3) is 0 Å². The number of ether oxygens (including phenoxy) is 1. The number of anilines is 1. The summed E-state index contributed by atoms with van der Waals surface area (Å²) < 4.78 is 43.0. The van der Waals surface area contributed by atoms with E-state index in [0.717, 1.165) is 12.1 Å². The zero-order valence-corrected chi connectivity index (χ0v) is 11.3. The Kier molecular flexibility index (Phi) is 5.36. The molecule has 0 aromatic heterocycles. The van der Waals surface area contributed by atoms with Gasteiger partial charge < -0.3 is 10.1 Å². The molecule has 1 aromatic rings. The number of halogens is 3. The minimum absolute atomic E-state index is 0.0535. The molecule has 0 fully saturated rings. The normalized spacial score (nSPS) is 10.6. The van der Waals surface area contributed by atoms with Crippen molar-refractivity contribution in [2.75, 3.05) is 18.5 Å². The first-order valence-corrected chi connectivity index (χ1v) is 5.99. The molecular weight excluding hydrogens is 285 g/mol. The highest BCUT2D eigenvalue weighted by atomic mass is 19.4. The van der Waals surface area contributed by atoms with Gasteiger partial charge in [0.25, 0.3) is 0 Å². The van der Waals surface area contributed by atoms with Gasteiger partial charge in [-0.3, -0.25) is 0 Å². The highest BCUT2D eigenvalue weighted by Gasteiger charge is 2.33. The zero-order valence-electron chi connectivity index (χ0n) is 11.3. The lowest BCUT2D eigenvalue weighted by atomic mass is 10.1. The van der Waals surface area contributed by atoms with E-state index in [1.54, 1.807) is 6.92 Å². The SMILES string of the molecule is C=C(CNc1ccc(C#N)c(C(F)(F)F)c1)C(=O)OCC. The van der Waals surface area contributed by atoms with E-state index >= 15 is 0 Å². The first-order valence-electron chi connectivity index (χ1n) is 5.99. The van der Waals surface area contributed by atoms with Crippen LogP contribution in [0.2, 0.25) is 0 Å². The lowest BCUT2D eigenvalue weighted by Gasteiger charge is -2.12. The molecular formula is C14H13F3N2O2. The maximum absolute atomic E-state index is 12.8. The molecule has 0 bridgehead atoms. The number of nitrogens with zero attached hydrogens (tertiary/aromatic N) is 1. The van der Waals surface area contributed by atoms with Crippen LogP contribution in [0.5, 0.6) is 0 Å². The number of esters is 1. The van der Waals surface area contributed by atoms with E-state index in [9.17, 15) is 18.0 Å². The Balaban J connectivity index is 2.85. The van der Waals surface area contributed by atoms with Gasteiger partial charge in [-0.2, -0.15) is 18.4 Å². The third-order valence-corrected chi connectivity index (χ3v) is 2.52. The number of hydrogen-bond acceptors (Lipinski definition) is 4. The number of carbonyl (C=O) groups excluding carboxylic acids is 1. The van der Waals surface area contributed by atoms with Crippen molar-refractivity contribution in [3.63, 3.8) is 0 Å². The fourth-order valence-corrected chi connectivity index (χ4v) is 1.50. The number of alkyl halides is 3. The van der Waals surface area contributed by atoms with Gasteiger partial charge in [0.1, 0.15) is 0 Å². The molecule has 0 saturated heterocycles. The molecule has 1 aromatic carbocycles. The molecule has 0 atom stereocenters. The molecule has 0 heterocycles. The van der Waals surface area contributed by atoms with Crippen molar-refractivity contribution < 1.29 is 22.7 Å². The Morgan fingerprint density at radius 3 is 2.67 bits per heavy atom. The second-order valence-electron chi connectivity index (χ2n) is 4.05. The molecule has 0 spiro atoms. The lowest BCUT2D eigenvalue weighted by Crippen LogP contribution is -2.15. The van der Waals surface area contributed by atoms with E-state index in [2.05, 4.69) is 11.9 Å². The van der Waals surface area contributed by atoms with E-state index in [4.69, 9.17) is 10.00 Å². The fraction of sp³-hybridized carbons (Fsp3) is 0.286. The summed E-state index contributed by atoms with van der Waals surface area (Å²) in [7, 11) is 0. The predicted molar refractivity (Wildman–Crippen MR) is 70.4 cm³/mol. The van der Waals surface area contributed by atoms with Crippen LogP contribution >= 0.6 is 0 Å². The summed E-state index contributed by atoms with van der Waals surface area (Å²) in [5.41, 5.74) is -1.27. The van der Waals surface area contributed by atoms with Gasteiger partial charge >= 0.3 is 12.1 Å². The average Bonchev–Trinajstić information content (AvgIpc) is 2.43. The van der Waals surface area contributed by atoms with E-state index in [1.165, 1.54) is 12.1 Å². The first-order chi connectivity index (χ1) is 9.79. The summed E-state index contributed by atoms with van der Waals surface area (Å²) in [5.74, 6) is -0.616. The molecule has 21 heavy (non-hydrogen) atoms. The third-order valence-electron chi connectivity index (χ3n) is 2.52. The van der Waals surface area contributed by atoms with Crippen molar-refractivity contribution in [1.82, 2.24) is 0 Å². The minimum Gasteiger partial charge on any atom is -0.463 e. The third kappa shape index (κ3) is 4.53. The van der Waals surface area contributed by atoms with Crippen LogP contribution in [0.3, 0.4) is 0 Å². The highest BCUT2D eigenvalue weighted by Crippen LogP contribution is 2.33.